The van der Waals surface area contributed by atoms with Gasteiger partial charge in [0, 0.05) is 39.3 Å². The first-order valence-corrected chi connectivity index (χ1v) is 10.1. The number of rotatable bonds is 7. The second-order valence-electron chi connectivity index (χ2n) is 7.99. The second-order valence-corrected chi connectivity index (χ2v) is 7.99. The van der Waals surface area contributed by atoms with Crippen LogP contribution < -0.4 is 10.6 Å². The molecule has 0 bridgehead atoms. The molecule has 154 valence electrons. The van der Waals surface area contributed by atoms with Gasteiger partial charge in [0.05, 0.1) is 12.7 Å². The summed E-state index contributed by atoms with van der Waals surface area (Å²) in [5.74, 6) is 2.37. The van der Waals surface area contributed by atoms with Crippen LogP contribution in [0.5, 0.6) is 0 Å². The van der Waals surface area contributed by atoms with Gasteiger partial charge in [-0.1, -0.05) is 13.8 Å². The monoisotopic (exact) mass is 481 g/mol. The minimum Gasteiger partial charge on any atom is -0.374 e. The number of halogens is 1. The van der Waals surface area contributed by atoms with Crippen LogP contribution in [-0.2, 0) is 4.74 Å². The summed E-state index contributed by atoms with van der Waals surface area (Å²) in [4.78, 5) is 9.75. The Morgan fingerprint density at radius 1 is 1.19 bits per heavy atom. The van der Waals surface area contributed by atoms with E-state index in [1.807, 2.05) is 0 Å². The molecule has 2 aliphatic rings. The van der Waals surface area contributed by atoms with E-state index in [1.54, 1.807) is 0 Å². The van der Waals surface area contributed by atoms with Crippen molar-refractivity contribution in [1.82, 2.24) is 20.4 Å². The van der Waals surface area contributed by atoms with Crippen molar-refractivity contribution < 1.29 is 4.74 Å². The summed E-state index contributed by atoms with van der Waals surface area (Å²) >= 11 is 0. The third-order valence-corrected chi connectivity index (χ3v) is 5.03. The molecule has 6 nitrogen and oxygen atoms in total. The molecule has 0 aromatic heterocycles. The van der Waals surface area contributed by atoms with Crippen LogP contribution in [0, 0.1) is 11.8 Å². The Hall–Kier alpha value is -0.120. The van der Waals surface area contributed by atoms with Crippen LogP contribution >= 0.6 is 24.0 Å². The van der Waals surface area contributed by atoms with Gasteiger partial charge in [-0.2, -0.15) is 0 Å². The Labute approximate surface area is 177 Å². The van der Waals surface area contributed by atoms with Crippen molar-refractivity contribution in [3.05, 3.63) is 0 Å². The van der Waals surface area contributed by atoms with Gasteiger partial charge in [0.25, 0.3) is 0 Å². The molecule has 2 heterocycles. The van der Waals surface area contributed by atoms with Gasteiger partial charge < -0.3 is 20.3 Å². The third kappa shape index (κ3) is 9.19. The Bertz CT molecular complexity index is 399. The standard InChI is InChI=1S/C19H39N5O.HI/c1-5-20-19(21-12-17-6-8-23(4)9-7-17)22-13-18-15-24(10-11-25-18)14-16(2)3;/h16-18H,5-15H2,1-4H3,(H2,20,21,22);1H. The van der Waals surface area contributed by atoms with Crippen LogP contribution in [0.4, 0.5) is 0 Å². The van der Waals surface area contributed by atoms with Crippen LogP contribution in [0.25, 0.3) is 0 Å². The summed E-state index contributed by atoms with van der Waals surface area (Å²) in [7, 11) is 2.21. The molecule has 26 heavy (non-hydrogen) atoms. The molecular weight excluding hydrogens is 441 g/mol. The van der Waals surface area contributed by atoms with Crippen molar-refractivity contribution in [1.29, 1.82) is 0 Å². The lowest BCUT2D eigenvalue weighted by Gasteiger charge is -2.34. The zero-order valence-corrected chi connectivity index (χ0v) is 19.5. The Morgan fingerprint density at radius 3 is 2.58 bits per heavy atom. The fourth-order valence-electron chi connectivity index (χ4n) is 3.60. The van der Waals surface area contributed by atoms with Gasteiger partial charge in [0.15, 0.2) is 5.96 Å². The number of nitrogens with one attached hydrogen (secondary N) is 2. The number of likely N-dealkylation sites (tertiary alicyclic amines) is 1. The van der Waals surface area contributed by atoms with Crippen molar-refractivity contribution in [3.63, 3.8) is 0 Å². The maximum Gasteiger partial charge on any atom is 0.191 e. The van der Waals surface area contributed by atoms with Crippen LogP contribution in [0.3, 0.4) is 0 Å². The van der Waals surface area contributed by atoms with Gasteiger partial charge in [-0.05, 0) is 51.7 Å². The molecule has 1 atom stereocenters. The molecule has 0 saturated carbocycles. The van der Waals surface area contributed by atoms with Crippen LogP contribution in [0.15, 0.2) is 4.99 Å². The summed E-state index contributed by atoms with van der Waals surface area (Å²) in [6.07, 6.45) is 2.77. The molecule has 2 aliphatic heterocycles. The number of guanidine groups is 1. The second kappa shape index (κ2) is 13.1. The van der Waals surface area contributed by atoms with E-state index < -0.39 is 0 Å². The van der Waals surface area contributed by atoms with E-state index in [0.29, 0.717) is 5.92 Å². The highest BCUT2D eigenvalue weighted by Gasteiger charge is 2.21. The Kier molecular flexibility index (Phi) is 12.1. The van der Waals surface area contributed by atoms with Crippen LogP contribution in [-0.4, -0.2) is 87.9 Å². The first kappa shape index (κ1) is 23.9. The molecule has 0 radical (unpaired) electrons. The minimum atomic E-state index is 0. The molecule has 2 rings (SSSR count). The third-order valence-electron chi connectivity index (χ3n) is 5.03. The van der Waals surface area contributed by atoms with Crippen molar-refractivity contribution in [2.75, 3.05) is 66.0 Å². The lowest BCUT2D eigenvalue weighted by atomic mass is 9.97. The molecule has 0 aliphatic carbocycles. The molecule has 0 aromatic carbocycles. The molecule has 2 fully saturated rings. The predicted molar refractivity (Wildman–Crippen MR) is 121 cm³/mol. The van der Waals surface area contributed by atoms with Gasteiger partial charge in [-0.3, -0.25) is 9.89 Å². The fraction of sp³-hybridized carbons (Fsp3) is 0.947. The number of nitrogens with zero attached hydrogens (tertiary/aromatic N) is 3. The highest BCUT2D eigenvalue weighted by molar-refractivity contribution is 14.0. The molecule has 2 saturated heterocycles. The van der Waals surface area contributed by atoms with Gasteiger partial charge in [0.1, 0.15) is 0 Å². The van der Waals surface area contributed by atoms with Crippen molar-refractivity contribution in [2.45, 2.75) is 39.7 Å². The van der Waals surface area contributed by atoms with E-state index in [9.17, 15) is 0 Å². The smallest absolute Gasteiger partial charge is 0.191 e. The Morgan fingerprint density at radius 2 is 1.92 bits per heavy atom. The van der Waals surface area contributed by atoms with Gasteiger partial charge in [-0.25, -0.2) is 0 Å². The average molecular weight is 481 g/mol. The van der Waals surface area contributed by atoms with Crippen LogP contribution in [0.2, 0.25) is 0 Å². The zero-order valence-electron chi connectivity index (χ0n) is 17.2. The number of piperidine rings is 1. The lowest BCUT2D eigenvalue weighted by molar-refractivity contribution is -0.0284. The van der Waals surface area contributed by atoms with Crippen molar-refractivity contribution in [2.24, 2.45) is 16.8 Å². The van der Waals surface area contributed by atoms with Crippen molar-refractivity contribution in [3.8, 4) is 0 Å². The number of hydrogen-bond acceptors (Lipinski definition) is 4. The first-order chi connectivity index (χ1) is 12.1. The molecule has 0 amide bonds. The van der Waals surface area contributed by atoms with Gasteiger partial charge in [0.2, 0.25) is 0 Å². The summed E-state index contributed by atoms with van der Waals surface area (Å²) < 4.78 is 5.93. The van der Waals surface area contributed by atoms with E-state index in [-0.39, 0.29) is 30.1 Å². The van der Waals surface area contributed by atoms with Crippen molar-refractivity contribution >= 4 is 29.9 Å². The maximum atomic E-state index is 5.93. The maximum absolute atomic E-state index is 5.93. The molecule has 2 N–H and O–H groups in total. The minimum absolute atomic E-state index is 0. The largest absolute Gasteiger partial charge is 0.374 e. The SMILES string of the molecule is CCNC(=NCC1CCN(C)CC1)NCC1CN(CC(C)C)CCO1.I. The number of aliphatic imine (C=N–C) groups is 1. The topological polar surface area (TPSA) is 52.1 Å². The molecule has 1 unspecified atom stereocenters. The van der Waals surface area contributed by atoms with E-state index in [4.69, 9.17) is 9.73 Å². The summed E-state index contributed by atoms with van der Waals surface area (Å²) in [5, 5.41) is 6.86. The van der Waals surface area contributed by atoms with Crippen LogP contribution in [0.1, 0.15) is 33.6 Å². The lowest BCUT2D eigenvalue weighted by Crippen LogP contribution is -2.50. The summed E-state index contributed by atoms with van der Waals surface area (Å²) in [5.41, 5.74) is 0. The first-order valence-electron chi connectivity index (χ1n) is 10.1. The number of hydrogen-bond donors (Lipinski definition) is 2. The van der Waals surface area contributed by atoms with Gasteiger partial charge in [-0.15, -0.1) is 24.0 Å². The Balaban J connectivity index is 0.00000338. The van der Waals surface area contributed by atoms with Gasteiger partial charge >= 0.3 is 0 Å². The average Bonchev–Trinajstić information content (AvgIpc) is 2.58. The van der Waals surface area contributed by atoms with E-state index >= 15 is 0 Å². The highest BCUT2D eigenvalue weighted by atomic mass is 127. The quantitative estimate of drug-likeness (QED) is 0.331. The summed E-state index contributed by atoms with van der Waals surface area (Å²) in [6, 6.07) is 0. The number of morpholine rings is 1. The van der Waals surface area contributed by atoms with E-state index in [1.165, 1.54) is 25.9 Å². The fourth-order valence-corrected chi connectivity index (χ4v) is 3.60. The predicted octanol–water partition coefficient (Wildman–Crippen LogP) is 1.86. The summed E-state index contributed by atoms with van der Waals surface area (Å²) in [6.45, 7) is 15.8. The molecule has 7 heteroatoms. The highest BCUT2D eigenvalue weighted by Crippen LogP contribution is 2.16. The molecule has 0 spiro atoms. The molecular formula is C19H40IN5O. The normalized spacial score (nSPS) is 23.7. The zero-order chi connectivity index (χ0) is 18.1. The molecule has 0 aromatic rings. The van der Waals surface area contributed by atoms with E-state index in [0.717, 1.165) is 57.8 Å². The number of ether oxygens (including phenoxy) is 1. The van der Waals surface area contributed by atoms with E-state index in [2.05, 4.69) is 48.3 Å².